The van der Waals surface area contributed by atoms with Crippen molar-refractivity contribution < 1.29 is 8.42 Å². The van der Waals surface area contributed by atoms with Crippen LogP contribution in [0.5, 0.6) is 0 Å². The number of sulfonamides is 1. The van der Waals surface area contributed by atoms with Gasteiger partial charge in [0, 0.05) is 6.54 Å². The lowest BCUT2D eigenvalue weighted by Crippen LogP contribution is -2.33. The molecular weight excluding hydrogens is 284 g/mol. The zero-order valence-electron chi connectivity index (χ0n) is 10.4. The van der Waals surface area contributed by atoms with E-state index in [1.54, 1.807) is 26.0 Å². The van der Waals surface area contributed by atoms with Gasteiger partial charge in [-0.3, -0.25) is 0 Å². The highest BCUT2D eigenvalue weighted by Crippen LogP contribution is 2.37. The average Bonchev–Trinajstić information content (AvgIpc) is 2.84. The molecule has 0 atom stereocenters. The van der Waals surface area contributed by atoms with Gasteiger partial charge in [0.2, 0.25) is 10.0 Å². The van der Waals surface area contributed by atoms with Gasteiger partial charge in [-0.25, -0.2) is 13.1 Å². The van der Waals surface area contributed by atoms with E-state index in [1.165, 1.54) is 6.07 Å². The van der Waals surface area contributed by atoms with Gasteiger partial charge in [-0.2, -0.15) is 14.0 Å². The van der Waals surface area contributed by atoms with Gasteiger partial charge < -0.3 is 0 Å². The zero-order valence-corrected chi connectivity index (χ0v) is 12.0. The van der Waals surface area contributed by atoms with Crippen LogP contribution in [0.3, 0.4) is 0 Å². The monoisotopic (exact) mass is 296 g/mol. The van der Waals surface area contributed by atoms with E-state index in [1.807, 2.05) is 6.07 Å². The van der Waals surface area contributed by atoms with Gasteiger partial charge in [0.05, 0.1) is 22.8 Å². The quantitative estimate of drug-likeness (QED) is 0.937. The van der Waals surface area contributed by atoms with Gasteiger partial charge in [-0.05, 0) is 26.0 Å². The Hall–Kier alpha value is -1.56. The topological polar surface area (TPSA) is 94.7 Å². The van der Waals surface area contributed by atoms with Crippen LogP contribution in [0, 0.1) is 16.7 Å². The molecule has 100 valence electrons. The molecule has 0 amide bonds. The molecule has 0 fully saturated rings. The van der Waals surface area contributed by atoms with Crippen LogP contribution in [-0.2, 0) is 21.4 Å². The lowest BCUT2D eigenvalue weighted by Gasteiger charge is -2.16. The maximum absolute atomic E-state index is 12.2. The number of benzene rings is 1. The maximum Gasteiger partial charge on any atom is 0.242 e. The summed E-state index contributed by atoms with van der Waals surface area (Å²) in [4.78, 5) is 0.0903. The molecule has 1 heterocycles. The third-order valence-corrected chi connectivity index (χ3v) is 4.52. The number of nitrogens with one attached hydrogen (secondary N) is 1. The first-order chi connectivity index (χ1) is 8.86. The lowest BCUT2D eigenvalue weighted by molar-refractivity contribution is 0.479. The summed E-state index contributed by atoms with van der Waals surface area (Å²) in [6.07, 6.45) is 0. The third-order valence-electron chi connectivity index (χ3n) is 2.55. The smallest absolute Gasteiger partial charge is 0.210 e. The van der Waals surface area contributed by atoms with Crippen LogP contribution in [0.25, 0.3) is 0 Å². The molecular formula is C11H12N4O2S2. The van der Waals surface area contributed by atoms with Crippen LogP contribution in [-0.4, -0.2) is 15.0 Å². The summed E-state index contributed by atoms with van der Waals surface area (Å²) < 4.78 is 34.9. The van der Waals surface area contributed by atoms with Crippen LogP contribution < -0.4 is 4.72 Å². The number of nitriles is 1. The Morgan fingerprint density at radius 2 is 2.16 bits per heavy atom. The van der Waals surface area contributed by atoms with Crippen LogP contribution in [0.15, 0.2) is 31.8 Å². The first-order valence-electron chi connectivity index (χ1n) is 5.48. The summed E-state index contributed by atoms with van der Waals surface area (Å²) in [7, 11) is -3.70. The van der Waals surface area contributed by atoms with Gasteiger partial charge in [-0.1, -0.05) is 6.07 Å². The molecule has 0 unspecified atom stereocenters. The van der Waals surface area contributed by atoms with E-state index in [4.69, 9.17) is 5.26 Å². The highest BCUT2D eigenvalue weighted by molar-refractivity contribution is 7.89. The van der Waals surface area contributed by atoms with Crippen LogP contribution in [0.2, 0.25) is 0 Å². The molecule has 8 heteroatoms. The molecule has 6 nitrogen and oxygen atoms in total. The summed E-state index contributed by atoms with van der Waals surface area (Å²) in [5.41, 5.74) is 0.142. The standard InChI is InChI=1S/C11H12N4O2S2/c1-11(2,6-12)7-13-19(16,17)9-5-3-4-8-10(9)15-18-14-8/h3-5,13H,7H2,1-2H3. The zero-order chi connectivity index (χ0) is 14.1. The van der Waals surface area contributed by atoms with E-state index in [0.717, 1.165) is 11.4 Å². The molecule has 1 aliphatic rings. The molecule has 1 aliphatic heterocycles. The number of hydrogen-bond donors (Lipinski definition) is 1. The summed E-state index contributed by atoms with van der Waals surface area (Å²) in [5.74, 6) is 0. The molecule has 0 saturated heterocycles. The fourth-order valence-electron chi connectivity index (χ4n) is 1.39. The highest BCUT2D eigenvalue weighted by atomic mass is 32.2. The van der Waals surface area contributed by atoms with E-state index in [-0.39, 0.29) is 11.4 Å². The minimum Gasteiger partial charge on any atom is -0.210 e. The van der Waals surface area contributed by atoms with Crippen molar-refractivity contribution in [3.8, 4) is 6.07 Å². The van der Waals surface area contributed by atoms with Crippen molar-refractivity contribution in [3.05, 3.63) is 18.2 Å². The second-order valence-corrected chi connectivity index (χ2v) is 6.97. The minimum atomic E-state index is -3.70. The lowest BCUT2D eigenvalue weighted by atomic mass is 9.97. The molecule has 0 saturated carbocycles. The van der Waals surface area contributed by atoms with Crippen molar-refractivity contribution >= 4 is 32.8 Å². The first-order valence-corrected chi connectivity index (χ1v) is 7.69. The Labute approximate surface area is 115 Å². The Morgan fingerprint density at radius 3 is 2.84 bits per heavy atom. The molecule has 1 aromatic carbocycles. The van der Waals surface area contributed by atoms with E-state index in [9.17, 15) is 8.42 Å². The molecule has 0 aromatic heterocycles. The van der Waals surface area contributed by atoms with Crippen molar-refractivity contribution in [2.75, 3.05) is 6.54 Å². The Kier molecular flexibility index (Phi) is 3.54. The van der Waals surface area contributed by atoms with E-state index < -0.39 is 15.4 Å². The SMILES string of the molecule is CC(C)(C#N)CNS(=O)(=O)c1cccc2c1N=S=N2. The van der Waals surface area contributed by atoms with Crippen LogP contribution in [0.1, 0.15) is 13.8 Å². The Bertz CT molecular complexity index is 726. The summed E-state index contributed by atoms with van der Waals surface area (Å²) in [5, 5.41) is 8.89. The first kappa shape index (κ1) is 13.9. The molecule has 19 heavy (non-hydrogen) atoms. The van der Waals surface area contributed by atoms with E-state index in [0.29, 0.717) is 11.4 Å². The number of nitrogens with zero attached hydrogens (tertiary/aromatic N) is 3. The molecule has 0 bridgehead atoms. The fraction of sp³-hybridized carbons (Fsp3) is 0.364. The minimum absolute atomic E-state index is 0.0415. The third kappa shape index (κ3) is 2.89. The summed E-state index contributed by atoms with van der Waals surface area (Å²) in [6, 6.07) is 6.85. The van der Waals surface area contributed by atoms with Crippen LogP contribution in [0.4, 0.5) is 11.4 Å². The molecule has 0 aliphatic carbocycles. The maximum atomic E-state index is 12.2. The van der Waals surface area contributed by atoms with Crippen molar-refractivity contribution in [2.45, 2.75) is 18.7 Å². The normalized spacial score (nSPS) is 13.7. The largest absolute Gasteiger partial charge is 0.242 e. The van der Waals surface area contributed by atoms with Crippen molar-refractivity contribution in [2.24, 2.45) is 14.1 Å². The van der Waals surface area contributed by atoms with Gasteiger partial charge >= 0.3 is 0 Å². The number of fused-ring (bicyclic) bond motifs is 1. The van der Waals surface area contributed by atoms with Crippen molar-refractivity contribution in [1.29, 1.82) is 5.26 Å². The second kappa shape index (κ2) is 4.85. The van der Waals surface area contributed by atoms with Gasteiger partial charge in [0.15, 0.2) is 0 Å². The van der Waals surface area contributed by atoms with Crippen LogP contribution >= 0.6 is 0 Å². The average molecular weight is 296 g/mol. The van der Waals surface area contributed by atoms with Gasteiger partial charge in [0.1, 0.15) is 16.3 Å². The van der Waals surface area contributed by atoms with E-state index in [2.05, 4.69) is 13.4 Å². The second-order valence-electron chi connectivity index (χ2n) is 4.71. The van der Waals surface area contributed by atoms with Crippen molar-refractivity contribution in [3.63, 3.8) is 0 Å². The highest BCUT2D eigenvalue weighted by Gasteiger charge is 2.25. The summed E-state index contributed by atoms with van der Waals surface area (Å²) in [6.45, 7) is 3.38. The van der Waals surface area contributed by atoms with Crippen molar-refractivity contribution in [1.82, 2.24) is 4.72 Å². The Morgan fingerprint density at radius 1 is 1.42 bits per heavy atom. The summed E-state index contributed by atoms with van der Waals surface area (Å²) >= 11 is 0.967. The Balaban J connectivity index is 2.30. The number of rotatable bonds is 4. The van der Waals surface area contributed by atoms with E-state index >= 15 is 0 Å². The predicted octanol–water partition coefficient (Wildman–Crippen LogP) is 2.24. The molecule has 0 radical (unpaired) electrons. The molecule has 0 spiro atoms. The number of hydrogen-bond acceptors (Lipinski definition) is 5. The predicted molar refractivity (Wildman–Crippen MR) is 72.6 cm³/mol. The molecule has 1 N–H and O–H groups in total. The molecule has 2 rings (SSSR count). The van der Waals surface area contributed by atoms with Gasteiger partial charge in [0.25, 0.3) is 0 Å². The molecule has 1 aromatic rings. The van der Waals surface area contributed by atoms with Gasteiger partial charge in [-0.15, -0.1) is 0 Å². The fourth-order valence-corrected chi connectivity index (χ4v) is 3.37.